The second-order valence-corrected chi connectivity index (χ2v) is 5.79. The molecule has 0 radical (unpaired) electrons. The Balaban J connectivity index is 1.98. The van der Waals surface area contributed by atoms with E-state index in [2.05, 4.69) is 10.6 Å². The van der Waals surface area contributed by atoms with Crippen LogP contribution in [0.2, 0.25) is 0 Å². The number of nitrogens with one attached hydrogen (secondary N) is 2. The standard InChI is InChI=1S/C18H20N2O5/c1-11(2)14-8-10-25-16(14)18(24)20-13-5-3-12(4-6-13)17(23)19-9-7-15(21)22/h3-6,8,10-11H,7,9H2,1-2H3,(H,19,23)(H,20,24)(H,21,22). The molecule has 1 aromatic carbocycles. The summed E-state index contributed by atoms with van der Waals surface area (Å²) in [4.78, 5) is 34.6. The number of amides is 2. The maximum atomic E-state index is 12.3. The van der Waals surface area contributed by atoms with E-state index in [1.807, 2.05) is 13.8 Å². The Kier molecular flexibility index (Phi) is 5.94. The first kappa shape index (κ1) is 18.3. The SMILES string of the molecule is CC(C)c1ccoc1C(=O)Nc1ccc(C(=O)NCCC(=O)O)cc1. The molecule has 7 heteroatoms. The molecule has 0 aliphatic rings. The smallest absolute Gasteiger partial charge is 0.305 e. The van der Waals surface area contributed by atoms with E-state index in [0.717, 1.165) is 5.56 Å². The van der Waals surface area contributed by atoms with Gasteiger partial charge in [0.25, 0.3) is 11.8 Å². The van der Waals surface area contributed by atoms with Gasteiger partial charge >= 0.3 is 5.97 Å². The number of carbonyl (C=O) groups is 3. The number of rotatable bonds is 7. The highest BCUT2D eigenvalue weighted by atomic mass is 16.4. The zero-order valence-corrected chi connectivity index (χ0v) is 14.0. The van der Waals surface area contributed by atoms with Crippen molar-refractivity contribution in [3.05, 3.63) is 53.5 Å². The van der Waals surface area contributed by atoms with Crippen LogP contribution in [0.3, 0.4) is 0 Å². The minimum Gasteiger partial charge on any atom is -0.481 e. The van der Waals surface area contributed by atoms with E-state index < -0.39 is 5.97 Å². The van der Waals surface area contributed by atoms with Crippen LogP contribution in [0.5, 0.6) is 0 Å². The number of hydrogen-bond donors (Lipinski definition) is 3. The number of carboxylic acids is 1. The molecule has 0 saturated heterocycles. The molecule has 0 bridgehead atoms. The Labute approximate surface area is 145 Å². The van der Waals surface area contributed by atoms with Crippen molar-refractivity contribution < 1.29 is 23.9 Å². The third-order valence-corrected chi connectivity index (χ3v) is 3.55. The van der Waals surface area contributed by atoms with Gasteiger partial charge in [-0.1, -0.05) is 13.8 Å². The van der Waals surface area contributed by atoms with Crippen LogP contribution in [0.15, 0.2) is 41.0 Å². The number of benzene rings is 1. The van der Waals surface area contributed by atoms with Gasteiger partial charge in [0.1, 0.15) is 0 Å². The van der Waals surface area contributed by atoms with Crippen molar-refractivity contribution in [3.63, 3.8) is 0 Å². The first-order valence-corrected chi connectivity index (χ1v) is 7.87. The Morgan fingerprint density at radius 2 is 1.76 bits per heavy atom. The van der Waals surface area contributed by atoms with Crippen LogP contribution in [0, 0.1) is 0 Å². The molecule has 1 heterocycles. The summed E-state index contributed by atoms with van der Waals surface area (Å²) in [7, 11) is 0. The predicted octanol–water partition coefficient (Wildman–Crippen LogP) is 2.86. The molecule has 2 rings (SSSR count). The lowest BCUT2D eigenvalue weighted by atomic mass is 10.0. The molecule has 2 amide bonds. The van der Waals surface area contributed by atoms with Crippen LogP contribution in [-0.2, 0) is 4.79 Å². The summed E-state index contributed by atoms with van der Waals surface area (Å²) in [6, 6.07) is 8.07. The summed E-state index contributed by atoms with van der Waals surface area (Å²) in [5.74, 6) is -1.27. The molecule has 0 unspecified atom stereocenters. The van der Waals surface area contributed by atoms with Gasteiger partial charge in [0.05, 0.1) is 12.7 Å². The second kappa shape index (κ2) is 8.14. The Morgan fingerprint density at radius 1 is 1.08 bits per heavy atom. The van der Waals surface area contributed by atoms with Crippen molar-refractivity contribution in [2.45, 2.75) is 26.2 Å². The predicted molar refractivity (Wildman–Crippen MR) is 91.8 cm³/mol. The van der Waals surface area contributed by atoms with E-state index in [1.54, 1.807) is 30.3 Å². The van der Waals surface area contributed by atoms with E-state index in [1.165, 1.54) is 6.26 Å². The van der Waals surface area contributed by atoms with Crippen LogP contribution < -0.4 is 10.6 Å². The van der Waals surface area contributed by atoms with Crippen molar-refractivity contribution in [2.24, 2.45) is 0 Å². The summed E-state index contributed by atoms with van der Waals surface area (Å²) >= 11 is 0. The lowest BCUT2D eigenvalue weighted by Crippen LogP contribution is -2.25. The second-order valence-electron chi connectivity index (χ2n) is 5.79. The summed E-state index contributed by atoms with van der Waals surface area (Å²) in [6.07, 6.45) is 1.34. The topological polar surface area (TPSA) is 109 Å². The van der Waals surface area contributed by atoms with E-state index in [0.29, 0.717) is 11.3 Å². The molecule has 0 aliphatic heterocycles. The third kappa shape index (κ3) is 4.94. The fourth-order valence-electron chi connectivity index (χ4n) is 2.24. The highest BCUT2D eigenvalue weighted by Crippen LogP contribution is 2.21. The van der Waals surface area contributed by atoms with Gasteiger partial charge in [-0.05, 0) is 36.2 Å². The fraction of sp³-hybridized carbons (Fsp3) is 0.278. The van der Waals surface area contributed by atoms with E-state index in [4.69, 9.17) is 9.52 Å². The largest absolute Gasteiger partial charge is 0.481 e. The normalized spacial score (nSPS) is 10.5. The maximum absolute atomic E-state index is 12.3. The monoisotopic (exact) mass is 344 g/mol. The van der Waals surface area contributed by atoms with Gasteiger partial charge in [-0.25, -0.2) is 0 Å². The fourth-order valence-corrected chi connectivity index (χ4v) is 2.24. The molecule has 3 N–H and O–H groups in total. The number of aliphatic carboxylic acids is 1. The van der Waals surface area contributed by atoms with E-state index >= 15 is 0 Å². The van der Waals surface area contributed by atoms with Crippen LogP contribution in [0.25, 0.3) is 0 Å². The van der Waals surface area contributed by atoms with Gasteiger partial charge in [-0.15, -0.1) is 0 Å². The van der Waals surface area contributed by atoms with Crippen LogP contribution >= 0.6 is 0 Å². The van der Waals surface area contributed by atoms with Crippen molar-refractivity contribution >= 4 is 23.5 Å². The Morgan fingerprint density at radius 3 is 2.36 bits per heavy atom. The van der Waals surface area contributed by atoms with Gasteiger partial charge in [-0.2, -0.15) is 0 Å². The zero-order valence-electron chi connectivity index (χ0n) is 14.0. The minimum absolute atomic E-state index is 0.0587. The number of hydrogen-bond acceptors (Lipinski definition) is 4. The third-order valence-electron chi connectivity index (χ3n) is 3.55. The molecule has 0 fully saturated rings. The molecule has 132 valence electrons. The molecule has 7 nitrogen and oxygen atoms in total. The van der Waals surface area contributed by atoms with Crippen LogP contribution in [0.1, 0.15) is 52.7 Å². The number of carbonyl (C=O) groups excluding carboxylic acids is 2. The molecular weight excluding hydrogens is 324 g/mol. The van der Waals surface area contributed by atoms with Crippen molar-refractivity contribution in [3.8, 4) is 0 Å². The average molecular weight is 344 g/mol. The number of furan rings is 1. The summed E-state index contributed by atoms with van der Waals surface area (Å²) < 4.78 is 5.26. The molecule has 0 spiro atoms. The summed E-state index contributed by atoms with van der Waals surface area (Å²) in [5.41, 5.74) is 1.73. The quantitative estimate of drug-likeness (QED) is 0.715. The van der Waals surface area contributed by atoms with E-state index in [-0.39, 0.29) is 36.5 Å². The Hall–Kier alpha value is -3.09. The number of anilines is 1. The van der Waals surface area contributed by atoms with Crippen molar-refractivity contribution in [1.29, 1.82) is 0 Å². The minimum atomic E-state index is -0.975. The lowest BCUT2D eigenvalue weighted by molar-refractivity contribution is -0.136. The average Bonchev–Trinajstić information content (AvgIpc) is 3.05. The van der Waals surface area contributed by atoms with Gasteiger partial charge in [0.15, 0.2) is 5.76 Å². The Bertz CT molecular complexity index is 762. The molecule has 2 aromatic rings. The lowest BCUT2D eigenvalue weighted by Gasteiger charge is -2.08. The molecule has 1 aromatic heterocycles. The van der Waals surface area contributed by atoms with Crippen molar-refractivity contribution in [1.82, 2.24) is 5.32 Å². The maximum Gasteiger partial charge on any atom is 0.305 e. The first-order valence-electron chi connectivity index (χ1n) is 7.87. The molecule has 0 saturated carbocycles. The van der Waals surface area contributed by atoms with Crippen molar-refractivity contribution in [2.75, 3.05) is 11.9 Å². The number of carboxylic acid groups (broad SMARTS) is 1. The zero-order chi connectivity index (χ0) is 18.4. The van der Waals surface area contributed by atoms with Crippen LogP contribution in [-0.4, -0.2) is 29.4 Å². The molecule has 0 aliphatic carbocycles. The van der Waals surface area contributed by atoms with Crippen LogP contribution in [0.4, 0.5) is 5.69 Å². The first-order chi connectivity index (χ1) is 11.9. The van der Waals surface area contributed by atoms with Gasteiger partial charge in [0.2, 0.25) is 0 Å². The molecular formula is C18H20N2O5. The summed E-state index contributed by atoms with van der Waals surface area (Å²) in [5, 5.41) is 13.8. The van der Waals surface area contributed by atoms with Gasteiger partial charge < -0.3 is 20.2 Å². The highest BCUT2D eigenvalue weighted by molar-refractivity contribution is 6.03. The van der Waals surface area contributed by atoms with E-state index in [9.17, 15) is 14.4 Å². The molecule has 25 heavy (non-hydrogen) atoms. The van der Waals surface area contributed by atoms with Gasteiger partial charge in [0, 0.05) is 23.4 Å². The summed E-state index contributed by atoms with van der Waals surface area (Å²) in [6.45, 7) is 4.00. The molecule has 0 atom stereocenters. The highest BCUT2D eigenvalue weighted by Gasteiger charge is 2.17. The van der Waals surface area contributed by atoms with Gasteiger partial charge in [-0.3, -0.25) is 14.4 Å².